The van der Waals surface area contributed by atoms with Gasteiger partial charge in [-0.15, -0.1) is 0 Å². The van der Waals surface area contributed by atoms with E-state index in [1.165, 1.54) is 5.69 Å². The van der Waals surface area contributed by atoms with E-state index in [9.17, 15) is 0 Å². The number of ether oxygens (including phenoxy) is 1. The Morgan fingerprint density at radius 2 is 2.09 bits per heavy atom. The maximum Gasteiger partial charge on any atom is 0.142 e. The fourth-order valence-electron chi connectivity index (χ4n) is 3.09. The SMILES string of the molecule is COc1ccccc1N1CCN(Cc2ccncc2Cl)[C@@H](C)C1. The molecule has 1 saturated heterocycles. The second-order valence-corrected chi connectivity index (χ2v) is 6.31. The molecule has 1 aromatic carbocycles. The molecule has 0 saturated carbocycles. The minimum absolute atomic E-state index is 0.442. The van der Waals surface area contributed by atoms with Gasteiger partial charge < -0.3 is 9.64 Å². The summed E-state index contributed by atoms with van der Waals surface area (Å²) < 4.78 is 5.49. The standard InChI is InChI=1S/C18H22ClN3O/c1-14-12-22(17-5-3-4-6-18(17)23-2)10-9-21(14)13-15-7-8-20-11-16(15)19/h3-8,11,14H,9-10,12-13H2,1-2H3/t14-/m0/s1. The van der Waals surface area contributed by atoms with E-state index < -0.39 is 0 Å². The van der Waals surface area contributed by atoms with Crippen LogP contribution in [0.15, 0.2) is 42.7 Å². The summed E-state index contributed by atoms with van der Waals surface area (Å²) >= 11 is 6.24. The number of rotatable bonds is 4. The van der Waals surface area contributed by atoms with E-state index in [-0.39, 0.29) is 0 Å². The van der Waals surface area contributed by atoms with Crippen LogP contribution in [0.2, 0.25) is 5.02 Å². The summed E-state index contributed by atoms with van der Waals surface area (Å²) in [5, 5.41) is 0.742. The molecule has 2 aromatic rings. The molecule has 1 aromatic heterocycles. The average Bonchev–Trinajstić information content (AvgIpc) is 2.58. The topological polar surface area (TPSA) is 28.6 Å². The normalized spacial score (nSPS) is 18.9. The highest BCUT2D eigenvalue weighted by molar-refractivity contribution is 6.31. The highest BCUT2D eigenvalue weighted by Gasteiger charge is 2.25. The zero-order valence-electron chi connectivity index (χ0n) is 13.6. The summed E-state index contributed by atoms with van der Waals surface area (Å²) in [6.07, 6.45) is 3.52. The van der Waals surface area contributed by atoms with Crippen molar-refractivity contribution < 1.29 is 4.74 Å². The third-order valence-electron chi connectivity index (χ3n) is 4.42. The van der Waals surface area contributed by atoms with Gasteiger partial charge in [-0.3, -0.25) is 9.88 Å². The van der Waals surface area contributed by atoms with Crippen LogP contribution in [-0.2, 0) is 6.54 Å². The summed E-state index contributed by atoms with van der Waals surface area (Å²) in [7, 11) is 1.73. The molecule has 0 radical (unpaired) electrons. The lowest BCUT2D eigenvalue weighted by molar-refractivity contribution is 0.180. The van der Waals surface area contributed by atoms with Crippen molar-refractivity contribution in [1.29, 1.82) is 0 Å². The zero-order valence-corrected chi connectivity index (χ0v) is 14.3. The van der Waals surface area contributed by atoms with E-state index in [2.05, 4.69) is 33.8 Å². The molecule has 0 unspecified atom stereocenters. The molecule has 0 spiro atoms. The Morgan fingerprint density at radius 1 is 1.26 bits per heavy atom. The smallest absolute Gasteiger partial charge is 0.142 e. The quantitative estimate of drug-likeness (QED) is 0.858. The number of hydrogen-bond donors (Lipinski definition) is 0. The lowest BCUT2D eigenvalue weighted by Crippen LogP contribution is -2.51. The van der Waals surface area contributed by atoms with Gasteiger partial charge >= 0.3 is 0 Å². The Bertz CT molecular complexity index is 664. The van der Waals surface area contributed by atoms with Crippen molar-refractivity contribution in [2.45, 2.75) is 19.5 Å². The fourth-order valence-corrected chi connectivity index (χ4v) is 3.27. The van der Waals surface area contributed by atoms with Gasteiger partial charge in [0.1, 0.15) is 5.75 Å². The molecule has 2 heterocycles. The molecule has 1 atom stereocenters. The van der Waals surface area contributed by atoms with Crippen LogP contribution in [0.5, 0.6) is 5.75 Å². The number of para-hydroxylation sites is 2. The summed E-state index contributed by atoms with van der Waals surface area (Å²) in [4.78, 5) is 8.92. The Morgan fingerprint density at radius 3 is 2.83 bits per heavy atom. The number of benzene rings is 1. The van der Waals surface area contributed by atoms with Crippen molar-refractivity contribution in [2.75, 3.05) is 31.6 Å². The van der Waals surface area contributed by atoms with Crippen LogP contribution in [0.4, 0.5) is 5.69 Å². The van der Waals surface area contributed by atoms with E-state index in [1.807, 2.05) is 18.2 Å². The third kappa shape index (κ3) is 3.59. The van der Waals surface area contributed by atoms with E-state index in [0.717, 1.165) is 42.5 Å². The minimum atomic E-state index is 0.442. The molecule has 3 rings (SSSR count). The van der Waals surface area contributed by atoms with E-state index in [4.69, 9.17) is 16.3 Å². The molecule has 1 aliphatic heterocycles. The number of nitrogens with zero attached hydrogens (tertiary/aromatic N) is 3. The molecule has 5 heteroatoms. The van der Waals surface area contributed by atoms with Crippen LogP contribution in [0.3, 0.4) is 0 Å². The van der Waals surface area contributed by atoms with E-state index in [1.54, 1.807) is 19.5 Å². The predicted molar refractivity (Wildman–Crippen MR) is 94.3 cm³/mol. The highest BCUT2D eigenvalue weighted by atomic mass is 35.5. The number of aromatic nitrogens is 1. The first-order valence-electron chi connectivity index (χ1n) is 7.89. The Labute approximate surface area is 142 Å². The number of anilines is 1. The second-order valence-electron chi connectivity index (χ2n) is 5.90. The molecule has 0 N–H and O–H groups in total. The van der Waals surface area contributed by atoms with Crippen LogP contribution in [0.1, 0.15) is 12.5 Å². The molecule has 0 amide bonds. The van der Waals surface area contributed by atoms with Crippen molar-refractivity contribution in [2.24, 2.45) is 0 Å². The van der Waals surface area contributed by atoms with Crippen LogP contribution in [0, 0.1) is 0 Å². The van der Waals surface area contributed by atoms with Gasteiger partial charge in [-0.05, 0) is 30.7 Å². The molecule has 23 heavy (non-hydrogen) atoms. The molecular weight excluding hydrogens is 310 g/mol. The molecule has 1 fully saturated rings. The lowest BCUT2D eigenvalue weighted by atomic mass is 10.1. The van der Waals surface area contributed by atoms with E-state index in [0.29, 0.717) is 6.04 Å². The summed E-state index contributed by atoms with van der Waals surface area (Å²) in [5.74, 6) is 0.935. The van der Waals surface area contributed by atoms with Crippen molar-refractivity contribution in [3.05, 3.63) is 53.3 Å². The molecule has 122 valence electrons. The summed E-state index contributed by atoms with van der Waals surface area (Å²) in [6.45, 7) is 6.08. The highest BCUT2D eigenvalue weighted by Crippen LogP contribution is 2.30. The van der Waals surface area contributed by atoms with E-state index >= 15 is 0 Å². The number of piperazine rings is 1. The number of methoxy groups -OCH3 is 1. The van der Waals surface area contributed by atoms with Gasteiger partial charge in [-0.2, -0.15) is 0 Å². The van der Waals surface area contributed by atoms with Crippen molar-refractivity contribution in [3.8, 4) is 5.75 Å². The monoisotopic (exact) mass is 331 g/mol. The zero-order chi connectivity index (χ0) is 16.2. The van der Waals surface area contributed by atoms with Crippen molar-refractivity contribution >= 4 is 17.3 Å². The maximum absolute atomic E-state index is 6.24. The first-order valence-corrected chi connectivity index (χ1v) is 8.27. The molecule has 4 nitrogen and oxygen atoms in total. The van der Waals surface area contributed by atoms with Crippen molar-refractivity contribution in [1.82, 2.24) is 9.88 Å². The number of hydrogen-bond acceptors (Lipinski definition) is 4. The lowest BCUT2D eigenvalue weighted by Gasteiger charge is -2.41. The Kier molecular flexibility index (Phi) is 5.03. The predicted octanol–water partition coefficient (Wildman–Crippen LogP) is 3.45. The molecular formula is C18H22ClN3O. The van der Waals surface area contributed by atoms with Crippen molar-refractivity contribution in [3.63, 3.8) is 0 Å². The van der Waals surface area contributed by atoms with Crippen LogP contribution >= 0.6 is 11.6 Å². The number of pyridine rings is 1. The van der Waals surface area contributed by atoms with Gasteiger partial charge in [0.05, 0.1) is 17.8 Å². The molecule has 0 bridgehead atoms. The largest absolute Gasteiger partial charge is 0.495 e. The molecule has 1 aliphatic rings. The van der Waals surface area contributed by atoms with Gasteiger partial charge in [0.25, 0.3) is 0 Å². The van der Waals surface area contributed by atoms with Gasteiger partial charge in [-0.25, -0.2) is 0 Å². The first kappa shape index (κ1) is 16.1. The van der Waals surface area contributed by atoms with Gasteiger partial charge in [0.15, 0.2) is 0 Å². The Hall–Kier alpha value is -1.78. The third-order valence-corrected chi connectivity index (χ3v) is 4.76. The Balaban J connectivity index is 1.69. The maximum atomic E-state index is 6.24. The minimum Gasteiger partial charge on any atom is -0.495 e. The fraction of sp³-hybridized carbons (Fsp3) is 0.389. The van der Waals surface area contributed by atoms with Crippen LogP contribution < -0.4 is 9.64 Å². The number of halogens is 1. The van der Waals surface area contributed by atoms with Gasteiger partial charge in [0.2, 0.25) is 0 Å². The van der Waals surface area contributed by atoms with Crippen LogP contribution in [-0.4, -0.2) is 42.7 Å². The summed E-state index contributed by atoms with van der Waals surface area (Å²) in [5.41, 5.74) is 2.31. The average molecular weight is 332 g/mol. The van der Waals surface area contributed by atoms with Gasteiger partial charge in [0, 0.05) is 44.6 Å². The summed E-state index contributed by atoms with van der Waals surface area (Å²) in [6, 6.07) is 10.7. The van der Waals surface area contributed by atoms with Crippen LogP contribution in [0.25, 0.3) is 0 Å². The molecule has 0 aliphatic carbocycles. The first-order chi connectivity index (χ1) is 11.2. The second kappa shape index (κ2) is 7.20. The van der Waals surface area contributed by atoms with Gasteiger partial charge in [-0.1, -0.05) is 23.7 Å².